The largest absolute Gasteiger partial charge is 0.480 e. The first kappa shape index (κ1) is 14.2. The molecule has 1 heterocycles. The van der Waals surface area contributed by atoms with Gasteiger partial charge in [-0.1, -0.05) is 18.2 Å². The van der Waals surface area contributed by atoms with Crippen molar-refractivity contribution in [3.05, 3.63) is 41.7 Å². The summed E-state index contributed by atoms with van der Waals surface area (Å²) in [5.41, 5.74) is 0.279. The maximum Gasteiger partial charge on any atom is 0.328 e. The molecule has 0 bridgehead atoms. The van der Waals surface area contributed by atoms with Crippen LogP contribution in [0.25, 0.3) is 6.08 Å². The summed E-state index contributed by atoms with van der Waals surface area (Å²) in [6, 6.07) is 5.03. The van der Waals surface area contributed by atoms with E-state index in [-0.39, 0.29) is 18.7 Å². The lowest BCUT2D eigenvalue weighted by atomic mass is 10.2. The van der Waals surface area contributed by atoms with Gasteiger partial charge in [0.05, 0.1) is 13.2 Å². The molecule has 20 heavy (non-hydrogen) atoms. The van der Waals surface area contributed by atoms with Gasteiger partial charge in [-0.2, -0.15) is 0 Å². The van der Waals surface area contributed by atoms with Gasteiger partial charge in [-0.3, -0.25) is 4.79 Å². The number of carbonyl (C=O) groups excluding carboxylic acids is 1. The van der Waals surface area contributed by atoms with Crippen LogP contribution in [0.4, 0.5) is 4.39 Å². The molecule has 0 radical (unpaired) electrons. The predicted molar refractivity (Wildman–Crippen MR) is 69.4 cm³/mol. The van der Waals surface area contributed by atoms with Crippen LogP contribution < -0.4 is 0 Å². The van der Waals surface area contributed by atoms with Crippen molar-refractivity contribution in [2.45, 2.75) is 6.04 Å². The van der Waals surface area contributed by atoms with Crippen LogP contribution in [0.3, 0.4) is 0 Å². The van der Waals surface area contributed by atoms with Crippen LogP contribution in [0.2, 0.25) is 0 Å². The van der Waals surface area contributed by atoms with Gasteiger partial charge in [0, 0.05) is 18.2 Å². The van der Waals surface area contributed by atoms with Gasteiger partial charge >= 0.3 is 5.97 Å². The molecule has 1 aliphatic heterocycles. The first-order chi connectivity index (χ1) is 9.59. The van der Waals surface area contributed by atoms with E-state index in [9.17, 15) is 14.0 Å². The Kier molecular flexibility index (Phi) is 4.47. The number of morpholine rings is 1. The summed E-state index contributed by atoms with van der Waals surface area (Å²) >= 11 is 0. The van der Waals surface area contributed by atoms with Gasteiger partial charge in [-0.15, -0.1) is 0 Å². The van der Waals surface area contributed by atoms with Crippen LogP contribution in [-0.4, -0.2) is 47.7 Å². The zero-order chi connectivity index (χ0) is 14.5. The quantitative estimate of drug-likeness (QED) is 0.843. The number of carbonyl (C=O) groups is 2. The Labute approximate surface area is 115 Å². The lowest BCUT2D eigenvalue weighted by Gasteiger charge is -2.31. The molecular weight excluding hydrogens is 265 g/mol. The van der Waals surface area contributed by atoms with Gasteiger partial charge < -0.3 is 14.7 Å². The second-order valence-corrected chi connectivity index (χ2v) is 4.32. The van der Waals surface area contributed by atoms with Gasteiger partial charge in [0.2, 0.25) is 5.91 Å². The third-order valence-electron chi connectivity index (χ3n) is 3.01. The van der Waals surface area contributed by atoms with Crippen molar-refractivity contribution in [2.75, 3.05) is 19.8 Å². The molecular formula is C14H14FNO4. The molecule has 0 unspecified atom stereocenters. The number of benzene rings is 1. The Morgan fingerprint density at radius 3 is 2.85 bits per heavy atom. The highest BCUT2D eigenvalue weighted by Crippen LogP contribution is 2.11. The number of hydrogen-bond acceptors (Lipinski definition) is 3. The van der Waals surface area contributed by atoms with E-state index in [0.29, 0.717) is 6.61 Å². The molecule has 106 valence electrons. The van der Waals surface area contributed by atoms with Crippen LogP contribution in [0.1, 0.15) is 5.56 Å². The standard InChI is InChI=1S/C14H14FNO4/c15-11-4-2-1-3-10(11)5-6-13(17)16-7-8-20-9-12(16)14(18)19/h1-6,12H,7-9H2,(H,18,19)/b6-5+/t12-/m1/s1. The molecule has 2 rings (SSSR count). The monoisotopic (exact) mass is 279 g/mol. The number of carboxylic acids is 1. The minimum Gasteiger partial charge on any atom is -0.480 e. The SMILES string of the molecule is O=C(O)[C@H]1COCCN1C(=O)/C=C/c1ccccc1F. The van der Waals surface area contributed by atoms with Gasteiger partial charge in [0.25, 0.3) is 0 Å². The lowest BCUT2D eigenvalue weighted by Crippen LogP contribution is -2.52. The molecule has 1 N–H and O–H groups in total. The van der Waals surface area contributed by atoms with Crippen LogP contribution >= 0.6 is 0 Å². The van der Waals surface area contributed by atoms with E-state index in [1.165, 1.54) is 29.2 Å². The Balaban J connectivity index is 2.10. The average Bonchev–Trinajstić information content (AvgIpc) is 2.46. The fourth-order valence-electron chi connectivity index (χ4n) is 1.94. The van der Waals surface area contributed by atoms with E-state index in [4.69, 9.17) is 9.84 Å². The van der Waals surface area contributed by atoms with Crippen LogP contribution in [0.15, 0.2) is 30.3 Å². The topological polar surface area (TPSA) is 66.8 Å². The Morgan fingerprint density at radius 1 is 1.40 bits per heavy atom. The molecule has 0 aliphatic carbocycles. The molecule has 1 aromatic carbocycles. The minimum absolute atomic E-state index is 0.0331. The summed E-state index contributed by atoms with van der Waals surface area (Å²) in [7, 11) is 0. The number of halogens is 1. The maximum absolute atomic E-state index is 13.4. The minimum atomic E-state index is -1.11. The van der Waals surface area contributed by atoms with Gasteiger partial charge in [0.1, 0.15) is 5.82 Å². The lowest BCUT2D eigenvalue weighted by molar-refractivity contribution is -0.156. The number of carboxylic acid groups (broad SMARTS) is 1. The van der Waals surface area contributed by atoms with Gasteiger partial charge in [-0.05, 0) is 12.1 Å². The fourth-order valence-corrected chi connectivity index (χ4v) is 1.94. The van der Waals surface area contributed by atoms with Gasteiger partial charge in [-0.25, -0.2) is 9.18 Å². The second kappa shape index (κ2) is 6.29. The zero-order valence-electron chi connectivity index (χ0n) is 10.7. The normalized spacial score (nSPS) is 19.2. The van der Waals surface area contributed by atoms with Crippen molar-refractivity contribution < 1.29 is 23.8 Å². The van der Waals surface area contributed by atoms with Crippen LogP contribution in [0, 0.1) is 5.82 Å². The highest BCUT2D eigenvalue weighted by molar-refractivity contribution is 5.94. The van der Waals surface area contributed by atoms with Gasteiger partial charge in [0.15, 0.2) is 6.04 Å². The van der Waals surface area contributed by atoms with E-state index >= 15 is 0 Å². The summed E-state index contributed by atoms with van der Waals surface area (Å²) in [6.07, 6.45) is 2.52. The molecule has 6 heteroatoms. The summed E-state index contributed by atoms with van der Waals surface area (Å²) in [6.45, 7) is 0.467. The Hall–Kier alpha value is -2.21. The van der Waals surface area contributed by atoms with Crippen molar-refractivity contribution in [3.63, 3.8) is 0 Å². The maximum atomic E-state index is 13.4. The molecule has 1 amide bonds. The first-order valence-corrected chi connectivity index (χ1v) is 6.13. The third-order valence-corrected chi connectivity index (χ3v) is 3.01. The molecule has 1 aliphatic rings. The number of rotatable bonds is 3. The average molecular weight is 279 g/mol. The van der Waals surface area contributed by atoms with Crippen LogP contribution in [0.5, 0.6) is 0 Å². The molecule has 1 saturated heterocycles. The summed E-state index contributed by atoms with van der Waals surface area (Å²) in [5, 5.41) is 9.03. The second-order valence-electron chi connectivity index (χ2n) is 4.32. The molecule has 1 aromatic rings. The zero-order valence-corrected chi connectivity index (χ0v) is 10.7. The molecule has 0 spiro atoms. The summed E-state index contributed by atoms with van der Waals surface area (Å²) in [4.78, 5) is 24.2. The van der Waals surface area contributed by atoms with E-state index in [1.807, 2.05) is 0 Å². The fraction of sp³-hybridized carbons (Fsp3) is 0.286. The van der Waals surface area contributed by atoms with Crippen molar-refractivity contribution in [2.24, 2.45) is 0 Å². The molecule has 0 aromatic heterocycles. The first-order valence-electron chi connectivity index (χ1n) is 6.13. The number of ether oxygens (including phenoxy) is 1. The predicted octanol–water partition coefficient (Wildman–Crippen LogP) is 1.15. The van der Waals surface area contributed by atoms with E-state index < -0.39 is 23.7 Å². The van der Waals surface area contributed by atoms with E-state index in [1.54, 1.807) is 12.1 Å². The van der Waals surface area contributed by atoms with E-state index in [0.717, 1.165) is 0 Å². The summed E-state index contributed by atoms with van der Waals surface area (Å²) in [5.74, 6) is -2.02. The van der Waals surface area contributed by atoms with Crippen molar-refractivity contribution >= 4 is 18.0 Å². The highest BCUT2D eigenvalue weighted by atomic mass is 19.1. The number of amides is 1. The summed E-state index contributed by atoms with van der Waals surface area (Å²) < 4.78 is 18.4. The molecule has 1 fully saturated rings. The van der Waals surface area contributed by atoms with Crippen molar-refractivity contribution in [3.8, 4) is 0 Å². The molecule has 5 nitrogen and oxygen atoms in total. The van der Waals surface area contributed by atoms with Crippen LogP contribution in [-0.2, 0) is 14.3 Å². The van der Waals surface area contributed by atoms with Crippen molar-refractivity contribution in [1.29, 1.82) is 0 Å². The number of nitrogens with zero attached hydrogens (tertiary/aromatic N) is 1. The Bertz CT molecular complexity index is 544. The smallest absolute Gasteiger partial charge is 0.328 e. The Morgan fingerprint density at radius 2 is 2.15 bits per heavy atom. The number of aliphatic carboxylic acids is 1. The molecule has 0 saturated carbocycles. The van der Waals surface area contributed by atoms with E-state index in [2.05, 4.69) is 0 Å². The molecule has 1 atom stereocenters. The van der Waals surface area contributed by atoms with Crippen molar-refractivity contribution in [1.82, 2.24) is 4.90 Å². The third kappa shape index (κ3) is 3.21. The number of hydrogen-bond donors (Lipinski definition) is 1. The highest BCUT2D eigenvalue weighted by Gasteiger charge is 2.31.